The Labute approximate surface area is 132 Å². The number of thiophene rings is 1. The van der Waals surface area contributed by atoms with Crippen LogP contribution in [-0.2, 0) is 9.84 Å². The van der Waals surface area contributed by atoms with Crippen molar-refractivity contribution in [2.45, 2.75) is 17.9 Å². The molecule has 0 spiro atoms. The van der Waals surface area contributed by atoms with Crippen LogP contribution in [0.25, 0.3) is 0 Å². The molecule has 0 saturated heterocycles. The van der Waals surface area contributed by atoms with Crippen LogP contribution < -0.4 is 5.32 Å². The highest BCUT2D eigenvalue weighted by atomic mass is 79.9. The molecule has 1 atom stereocenters. The first-order valence-electron chi connectivity index (χ1n) is 6.18. The van der Waals surface area contributed by atoms with Gasteiger partial charge in [0, 0.05) is 16.1 Å². The lowest BCUT2D eigenvalue weighted by Crippen LogP contribution is -2.21. The summed E-state index contributed by atoms with van der Waals surface area (Å²) in [5.41, 5.74) is 2.22. The van der Waals surface area contributed by atoms with E-state index in [1.165, 1.54) is 11.8 Å². The first kappa shape index (κ1) is 15.7. The van der Waals surface area contributed by atoms with Crippen molar-refractivity contribution in [1.29, 1.82) is 0 Å². The molecule has 3 nitrogen and oxygen atoms in total. The Bertz CT molecular complexity index is 677. The van der Waals surface area contributed by atoms with Gasteiger partial charge in [-0.3, -0.25) is 0 Å². The number of rotatable bonds is 5. The molecule has 1 aromatic heterocycles. The van der Waals surface area contributed by atoms with Gasteiger partial charge < -0.3 is 5.32 Å². The zero-order valence-electron chi connectivity index (χ0n) is 11.3. The molecule has 1 N–H and O–H groups in total. The van der Waals surface area contributed by atoms with E-state index >= 15 is 0 Å². The van der Waals surface area contributed by atoms with Crippen molar-refractivity contribution in [3.8, 4) is 0 Å². The van der Waals surface area contributed by atoms with Crippen molar-refractivity contribution in [3.63, 3.8) is 0 Å². The van der Waals surface area contributed by atoms with E-state index in [1.807, 2.05) is 17.5 Å². The van der Waals surface area contributed by atoms with Crippen molar-refractivity contribution in [3.05, 3.63) is 50.6 Å². The molecular formula is C14H16BrNO2S2. The van der Waals surface area contributed by atoms with Crippen LogP contribution in [0.5, 0.6) is 0 Å². The van der Waals surface area contributed by atoms with Gasteiger partial charge in [0.05, 0.1) is 10.9 Å². The zero-order valence-corrected chi connectivity index (χ0v) is 14.5. The van der Waals surface area contributed by atoms with E-state index in [1.54, 1.807) is 23.5 Å². The van der Waals surface area contributed by atoms with Crippen LogP contribution in [0.15, 0.2) is 44.4 Å². The number of sulfone groups is 1. The van der Waals surface area contributed by atoms with Crippen LogP contribution >= 0.6 is 27.3 Å². The van der Waals surface area contributed by atoms with Gasteiger partial charge in [-0.15, -0.1) is 0 Å². The molecular weight excluding hydrogens is 358 g/mol. The molecule has 2 rings (SSSR count). The van der Waals surface area contributed by atoms with E-state index in [0.717, 1.165) is 16.6 Å². The topological polar surface area (TPSA) is 46.2 Å². The number of halogens is 1. The van der Waals surface area contributed by atoms with Crippen LogP contribution in [-0.4, -0.2) is 21.2 Å². The lowest BCUT2D eigenvalue weighted by molar-refractivity contribution is 0.601. The van der Waals surface area contributed by atoms with E-state index in [-0.39, 0.29) is 6.04 Å². The first-order valence-corrected chi connectivity index (χ1v) is 9.81. The highest BCUT2D eigenvalue weighted by Gasteiger charge is 2.17. The third-order valence-electron chi connectivity index (χ3n) is 3.00. The minimum atomic E-state index is -3.15. The molecule has 2 aromatic rings. The second-order valence-electron chi connectivity index (χ2n) is 4.51. The predicted octanol–water partition coefficient (Wildman–Crippen LogP) is 3.61. The summed E-state index contributed by atoms with van der Waals surface area (Å²) < 4.78 is 24.1. The molecule has 0 radical (unpaired) electrons. The minimum absolute atomic E-state index is 0.0641. The first-order chi connectivity index (χ1) is 9.43. The van der Waals surface area contributed by atoms with Gasteiger partial charge in [-0.1, -0.05) is 19.1 Å². The van der Waals surface area contributed by atoms with Gasteiger partial charge >= 0.3 is 0 Å². The zero-order chi connectivity index (χ0) is 14.8. The van der Waals surface area contributed by atoms with Crippen LogP contribution in [0, 0.1) is 0 Å². The summed E-state index contributed by atoms with van der Waals surface area (Å²) in [7, 11) is -3.15. The monoisotopic (exact) mass is 373 g/mol. The highest BCUT2D eigenvalue weighted by molar-refractivity contribution is 9.10. The summed E-state index contributed by atoms with van der Waals surface area (Å²) in [6.45, 7) is 2.89. The normalized spacial score (nSPS) is 13.3. The second-order valence-corrected chi connectivity index (χ2v) is 8.12. The Kier molecular flexibility index (Phi) is 5.01. The standard InChI is InChI=1S/C14H16BrNO2S2/c1-3-16-14(12-8-19-9-13(12)15)10-4-6-11(7-5-10)20(2,17)18/h4-9,14,16H,3H2,1-2H3. The van der Waals surface area contributed by atoms with Crippen molar-refractivity contribution in [1.82, 2.24) is 5.32 Å². The summed E-state index contributed by atoms with van der Waals surface area (Å²) in [6, 6.07) is 7.13. The molecule has 6 heteroatoms. The summed E-state index contributed by atoms with van der Waals surface area (Å²) in [4.78, 5) is 0.348. The third-order valence-corrected chi connectivity index (χ3v) is 5.88. The molecule has 20 heavy (non-hydrogen) atoms. The maximum Gasteiger partial charge on any atom is 0.175 e. The summed E-state index contributed by atoms with van der Waals surface area (Å²) in [5.74, 6) is 0. The fourth-order valence-electron chi connectivity index (χ4n) is 2.02. The lowest BCUT2D eigenvalue weighted by atomic mass is 10.0. The summed E-state index contributed by atoms with van der Waals surface area (Å²) >= 11 is 5.19. The fraction of sp³-hybridized carbons (Fsp3) is 0.286. The SMILES string of the molecule is CCNC(c1ccc(S(C)(=O)=O)cc1)c1cscc1Br. The summed E-state index contributed by atoms with van der Waals surface area (Å²) in [6.07, 6.45) is 1.22. The molecule has 0 aliphatic rings. The minimum Gasteiger partial charge on any atom is -0.306 e. The van der Waals surface area contributed by atoms with Crippen LogP contribution in [0.1, 0.15) is 24.1 Å². The van der Waals surface area contributed by atoms with Crippen molar-refractivity contribution in [2.24, 2.45) is 0 Å². The molecule has 0 amide bonds. The van der Waals surface area contributed by atoms with Crippen LogP contribution in [0.4, 0.5) is 0 Å². The van der Waals surface area contributed by atoms with Crippen molar-refractivity contribution in [2.75, 3.05) is 12.8 Å². The van der Waals surface area contributed by atoms with Gasteiger partial charge in [0.25, 0.3) is 0 Å². The van der Waals surface area contributed by atoms with E-state index < -0.39 is 9.84 Å². The van der Waals surface area contributed by atoms with Gasteiger partial charge in [0.2, 0.25) is 0 Å². The van der Waals surface area contributed by atoms with Gasteiger partial charge in [-0.25, -0.2) is 8.42 Å². The van der Waals surface area contributed by atoms with Gasteiger partial charge in [0.1, 0.15) is 0 Å². The third kappa shape index (κ3) is 3.49. The van der Waals surface area contributed by atoms with Gasteiger partial charge in [0.15, 0.2) is 9.84 Å². The molecule has 0 fully saturated rings. The van der Waals surface area contributed by atoms with Crippen LogP contribution in [0.2, 0.25) is 0 Å². The Morgan fingerprint density at radius 3 is 2.35 bits per heavy atom. The van der Waals surface area contributed by atoms with E-state index in [2.05, 4.69) is 33.6 Å². The Balaban J connectivity index is 2.38. The summed E-state index contributed by atoms with van der Waals surface area (Å²) in [5, 5.41) is 7.57. The van der Waals surface area contributed by atoms with Gasteiger partial charge in [-0.2, -0.15) is 11.3 Å². The molecule has 0 saturated carbocycles. The Hall–Kier alpha value is -0.690. The maximum absolute atomic E-state index is 11.5. The number of benzene rings is 1. The van der Waals surface area contributed by atoms with E-state index in [0.29, 0.717) is 4.90 Å². The van der Waals surface area contributed by atoms with E-state index in [9.17, 15) is 8.42 Å². The molecule has 0 aliphatic carbocycles. The second kappa shape index (κ2) is 6.39. The van der Waals surface area contributed by atoms with Gasteiger partial charge in [-0.05, 0) is 51.1 Å². The maximum atomic E-state index is 11.5. The molecule has 108 valence electrons. The van der Waals surface area contributed by atoms with Crippen molar-refractivity contribution >= 4 is 37.1 Å². The number of nitrogens with one attached hydrogen (secondary N) is 1. The highest BCUT2D eigenvalue weighted by Crippen LogP contribution is 2.31. The largest absolute Gasteiger partial charge is 0.306 e. The Morgan fingerprint density at radius 2 is 1.90 bits per heavy atom. The average Bonchev–Trinajstić information content (AvgIpc) is 2.81. The predicted molar refractivity (Wildman–Crippen MR) is 87.1 cm³/mol. The van der Waals surface area contributed by atoms with E-state index in [4.69, 9.17) is 0 Å². The fourth-order valence-corrected chi connectivity index (χ4v) is 4.20. The molecule has 1 heterocycles. The Morgan fingerprint density at radius 1 is 1.25 bits per heavy atom. The quantitative estimate of drug-likeness (QED) is 0.870. The molecule has 0 bridgehead atoms. The smallest absolute Gasteiger partial charge is 0.175 e. The number of hydrogen-bond acceptors (Lipinski definition) is 4. The van der Waals surface area contributed by atoms with Crippen molar-refractivity contribution < 1.29 is 8.42 Å². The molecule has 0 aliphatic heterocycles. The van der Waals surface area contributed by atoms with Crippen LogP contribution in [0.3, 0.4) is 0 Å². The lowest BCUT2D eigenvalue weighted by Gasteiger charge is -2.18. The average molecular weight is 374 g/mol. The molecule has 1 unspecified atom stereocenters. The molecule has 1 aromatic carbocycles. The number of hydrogen-bond donors (Lipinski definition) is 1.